The van der Waals surface area contributed by atoms with Crippen molar-refractivity contribution in [2.24, 2.45) is 0 Å². The Labute approximate surface area is 121 Å². The number of aromatic nitrogens is 1. The van der Waals surface area contributed by atoms with Gasteiger partial charge in [0.05, 0.1) is 10.6 Å². The second-order valence-corrected chi connectivity index (χ2v) is 4.58. The summed E-state index contributed by atoms with van der Waals surface area (Å²) < 4.78 is 0. The van der Waals surface area contributed by atoms with Crippen molar-refractivity contribution < 1.29 is 4.92 Å². The van der Waals surface area contributed by atoms with Crippen LogP contribution in [0.2, 0.25) is 0 Å². The van der Waals surface area contributed by atoms with Gasteiger partial charge in [0.1, 0.15) is 6.20 Å². The van der Waals surface area contributed by atoms with Gasteiger partial charge in [0, 0.05) is 17.2 Å². The number of hydrogen-bond donors (Lipinski definition) is 0. The van der Waals surface area contributed by atoms with Crippen LogP contribution < -0.4 is 0 Å². The van der Waals surface area contributed by atoms with Gasteiger partial charge in [0.2, 0.25) is 0 Å². The van der Waals surface area contributed by atoms with Crippen LogP contribution in [-0.4, -0.2) is 9.91 Å². The third-order valence-electron chi connectivity index (χ3n) is 3.22. The molecule has 0 unspecified atom stereocenters. The first-order chi connectivity index (χ1) is 10.3. The molecule has 0 saturated carbocycles. The molecule has 4 nitrogen and oxygen atoms in total. The molecule has 0 fully saturated rings. The fourth-order valence-electron chi connectivity index (χ4n) is 2.22. The number of nitrogens with zero attached hydrogens (tertiary/aromatic N) is 2. The summed E-state index contributed by atoms with van der Waals surface area (Å²) in [6, 6.07) is 20.8. The second kappa shape index (κ2) is 5.54. The molecule has 0 radical (unpaired) electrons. The smallest absolute Gasteiger partial charge is 0.258 e. The molecule has 1 aromatic heterocycles. The molecule has 102 valence electrons. The summed E-state index contributed by atoms with van der Waals surface area (Å²) in [6.45, 7) is 0. The lowest BCUT2D eigenvalue weighted by Gasteiger charge is -2.09. The predicted molar refractivity (Wildman–Crippen MR) is 81.8 cm³/mol. The van der Waals surface area contributed by atoms with Gasteiger partial charge < -0.3 is 0 Å². The molecule has 3 aromatic rings. The largest absolute Gasteiger partial charge is 0.288 e. The quantitative estimate of drug-likeness (QED) is 0.528. The van der Waals surface area contributed by atoms with E-state index in [9.17, 15) is 10.1 Å². The van der Waals surface area contributed by atoms with Crippen molar-refractivity contribution in [3.63, 3.8) is 0 Å². The van der Waals surface area contributed by atoms with Crippen molar-refractivity contribution >= 4 is 5.69 Å². The van der Waals surface area contributed by atoms with Gasteiger partial charge in [0.25, 0.3) is 5.69 Å². The molecule has 0 N–H and O–H groups in total. The Morgan fingerprint density at radius 2 is 1.43 bits per heavy atom. The first kappa shape index (κ1) is 13.0. The molecule has 0 amide bonds. The van der Waals surface area contributed by atoms with E-state index in [1.54, 1.807) is 6.07 Å². The van der Waals surface area contributed by atoms with Gasteiger partial charge in [-0.25, -0.2) is 4.98 Å². The van der Waals surface area contributed by atoms with Gasteiger partial charge in [-0.1, -0.05) is 60.7 Å². The van der Waals surface area contributed by atoms with Crippen LogP contribution >= 0.6 is 0 Å². The Hall–Kier alpha value is -3.01. The van der Waals surface area contributed by atoms with Crippen LogP contribution in [0.5, 0.6) is 0 Å². The Kier molecular flexibility index (Phi) is 3.43. The highest BCUT2D eigenvalue weighted by atomic mass is 16.6. The number of nitro groups is 1. The summed E-state index contributed by atoms with van der Waals surface area (Å²) in [5, 5.41) is 11.0. The van der Waals surface area contributed by atoms with Crippen LogP contribution in [0.15, 0.2) is 72.9 Å². The molecule has 2 aromatic carbocycles. The first-order valence-electron chi connectivity index (χ1n) is 6.51. The average molecular weight is 276 g/mol. The van der Waals surface area contributed by atoms with Gasteiger partial charge in [-0.15, -0.1) is 0 Å². The molecule has 0 atom stereocenters. The van der Waals surface area contributed by atoms with E-state index in [0.717, 1.165) is 22.4 Å². The predicted octanol–water partition coefficient (Wildman–Crippen LogP) is 4.32. The van der Waals surface area contributed by atoms with Crippen LogP contribution in [0, 0.1) is 10.1 Å². The second-order valence-electron chi connectivity index (χ2n) is 4.58. The minimum absolute atomic E-state index is 0.00599. The van der Waals surface area contributed by atoms with Crippen molar-refractivity contribution in [3.8, 4) is 22.4 Å². The molecular weight excluding hydrogens is 264 g/mol. The summed E-state index contributed by atoms with van der Waals surface area (Å²) >= 11 is 0. The molecule has 3 rings (SSSR count). The normalized spacial score (nSPS) is 10.3. The fourth-order valence-corrected chi connectivity index (χ4v) is 2.22. The monoisotopic (exact) mass is 276 g/mol. The molecule has 0 saturated heterocycles. The van der Waals surface area contributed by atoms with E-state index >= 15 is 0 Å². The maximum atomic E-state index is 11.0. The van der Waals surface area contributed by atoms with Gasteiger partial charge in [-0.2, -0.15) is 0 Å². The number of benzene rings is 2. The first-order valence-corrected chi connectivity index (χ1v) is 6.51. The van der Waals surface area contributed by atoms with E-state index in [2.05, 4.69) is 4.98 Å². The third-order valence-corrected chi connectivity index (χ3v) is 3.22. The summed E-state index contributed by atoms with van der Waals surface area (Å²) in [7, 11) is 0. The third kappa shape index (κ3) is 2.65. The van der Waals surface area contributed by atoms with E-state index < -0.39 is 4.92 Å². The van der Waals surface area contributed by atoms with E-state index in [0.29, 0.717) is 0 Å². The highest BCUT2D eigenvalue weighted by Gasteiger charge is 2.14. The lowest BCUT2D eigenvalue weighted by molar-refractivity contribution is -0.385. The van der Waals surface area contributed by atoms with Crippen molar-refractivity contribution in [1.82, 2.24) is 4.98 Å². The van der Waals surface area contributed by atoms with Crippen molar-refractivity contribution in [1.29, 1.82) is 0 Å². The molecule has 0 aliphatic rings. The van der Waals surface area contributed by atoms with Gasteiger partial charge >= 0.3 is 0 Å². The standard InChI is InChI=1S/C17H12N2O2/c20-19(21)15-11-16(13-7-3-1-4-8-13)17(18-12-15)14-9-5-2-6-10-14/h1-12H. The van der Waals surface area contributed by atoms with Crippen molar-refractivity contribution in [3.05, 3.63) is 83.0 Å². The zero-order valence-electron chi connectivity index (χ0n) is 11.1. The van der Waals surface area contributed by atoms with Gasteiger partial charge in [-0.05, 0) is 5.56 Å². The fraction of sp³-hybridized carbons (Fsp3) is 0. The molecule has 0 aliphatic heterocycles. The zero-order valence-corrected chi connectivity index (χ0v) is 11.1. The summed E-state index contributed by atoms with van der Waals surface area (Å²) in [4.78, 5) is 14.9. The topological polar surface area (TPSA) is 56.0 Å². The van der Waals surface area contributed by atoms with Gasteiger partial charge in [0.15, 0.2) is 0 Å². The van der Waals surface area contributed by atoms with Crippen LogP contribution in [0.25, 0.3) is 22.4 Å². The maximum absolute atomic E-state index is 11.0. The molecular formula is C17H12N2O2. The van der Waals surface area contributed by atoms with Crippen LogP contribution in [0.3, 0.4) is 0 Å². The lowest BCUT2D eigenvalue weighted by Crippen LogP contribution is -1.94. The Morgan fingerprint density at radius 1 is 0.857 bits per heavy atom. The summed E-state index contributed by atoms with van der Waals surface area (Å²) in [6.07, 6.45) is 1.30. The van der Waals surface area contributed by atoms with Gasteiger partial charge in [-0.3, -0.25) is 10.1 Å². The Morgan fingerprint density at radius 3 is 2.00 bits per heavy atom. The van der Waals surface area contributed by atoms with Crippen molar-refractivity contribution in [2.45, 2.75) is 0 Å². The molecule has 0 aliphatic carbocycles. The number of pyridine rings is 1. The summed E-state index contributed by atoms with van der Waals surface area (Å²) in [5.41, 5.74) is 3.34. The zero-order chi connectivity index (χ0) is 14.7. The maximum Gasteiger partial charge on any atom is 0.288 e. The highest BCUT2D eigenvalue weighted by molar-refractivity contribution is 5.81. The van der Waals surface area contributed by atoms with E-state index in [-0.39, 0.29) is 5.69 Å². The van der Waals surface area contributed by atoms with Crippen molar-refractivity contribution in [2.75, 3.05) is 0 Å². The van der Waals surface area contributed by atoms with E-state index in [4.69, 9.17) is 0 Å². The molecule has 1 heterocycles. The van der Waals surface area contributed by atoms with Crippen LogP contribution in [0.4, 0.5) is 5.69 Å². The number of rotatable bonds is 3. The minimum atomic E-state index is -0.422. The molecule has 21 heavy (non-hydrogen) atoms. The minimum Gasteiger partial charge on any atom is -0.258 e. The van der Waals surface area contributed by atoms with Crippen LogP contribution in [-0.2, 0) is 0 Å². The average Bonchev–Trinajstić information content (AvgIpc) is 2.56. The van der Waals surface area contributed by atoms with Crippen LogP contribution in [0.1, 0.15) is 0 Å². The Balaban J connectivity index is 2.23. The van der Waals surface area contributed by atoms with E-state index in [1.165, 1.54) is 6.20 Å². The lowest BCUT2D eigenvalue weighted by atomic mass is 9.99. The molecule has 4 heteroatoms. The van der Waals surface area contributed by atoms with E-state index in [1.807, 2.05) is 60.7 Å². The molecule has 0 spiro atoms. The highest BCUT2D eigenvalue weighted by Crippen LogP contribution is 2.32. The molecule has 0 bridgehead atoms. The summed E-state index contributed by atoms with van der Waals surface area (Å²) in [5.74, 6) is 0. The Bertz CT molecular complexity index is 771. The number of hydrogen-bond acceptors (Lipinski definition) is 3. The SMILES string of the molecule is O=[N+]([O-])c1cnc(-c2ccccc2)c(-c2ccccc2)c1.